The number of aromatic nitrogens is 6. The van der Waals surface area contributed by atoms with Crippen LogP contribution >= 0.6 is 11.6 Å². The van der Waals surface area contributed by atoms with Crippen LogP contribution in [0.25, 0.3) is 17.1 Å². The standard InChI is InChI=1S/C11H7ClN6/c12-9-3-1-2-8(4-9)10-5-11(14-6-13-10)18-7-15-16-17-18/h1-7H. The average molecular weight is 259 g/mol. The Bertz CT molecular complexity index is 667. The van der Waals surface area contributed by atoms with E-state index in [0.29, 0.717) is 10.8 Å². The van der Waals surface area contributed by atoms with Gasteiger partial charge in [-0.05, 0) is 22.6 Å². The first-order valence-corrected chi connectivity index (χ1v) is 5.52. The minimum absolute atomic E-state index is 0.602. The van der Waals surface area contributed by atoms with Crippen molar-refractivity contribution in [2.24, 2.45) is 0 Å². The quantitative estimate of drug-likeness (QED) is 0.701. The Kier molecular flexibility index (Phi) is 2.70. The third-order valence-electron chi connectivity index (χ3n) is 2.36. The van der Waals surface area contributed by atoms with Crippen LogP contribution in [0, 0.1) is 0 Å². The van der Waals surface area contributed by atoms with Crippen LogP contribution in [0.5, 0.6) is 0 Å². The molecule has 2 heterocycles. The fraction of sp³-hybridized carbons (Fsp3) is 0. The first kappa shape index (κ1) is 10.8. The molecule has 2 aromatic heterocycles. The van der Waals surface area contributed by atoms with Crippen molar-refractivity contribution >= 4 is 11.6 Å². The predicted molar refractivity (Wildman–Crippen MR) is 65.2 cm³/mol. The van der Waals surface area contributed by atoms with E-state index in [1.165, 1.54) is 17.3 Å². The van der Waals surface area contributed by atoms with Crippen molar-refractivity contribution in [1.29, 1.82) is 0 Å². The molecule has 0 spiro atoms. The monoisotopic (exact) mass is 258 g/mol. The molecule has 0 bridgehead atoms. The lowest BCUT2D eigenvalue weighted by molar-refractivity contribution is 0.768. The first-order valence-electron chi connectivity index (χ1n) is 5.14. The van der Waals surface area contributed by atoms with Crippen LogP contribution in [0.15, 0.2) is 43.0 Å². The molecule has 0 atom stereocenters. The van der Waals surface area contributed by atoms with Crippen LogP contribution in [0.3, 0.4) is 0 Å². The lowest BCUT2D eigenvalue weighted by atomic mass is 10.1. The summed E-state index contributed by atoms with van der Waals surface area (Å²) < 4.78 is 1.47. The molecule has 0 aliphatic heterocycles. The smallest absolute Gasteiger partial charge is 0.160 e. The highest BCUT2D eigenvalue weighted by molar-refractivity contribution is 6.30. The van der Waals surface area contributed by atoms with Crippen LogP contribution in [-0.4, -0.2) is 30.2 Å². The lowest BCUT2D eigenvalue weighted by Gasteiger charge is -2.03. The molecule has 0 fully saturated rings. The molecule has 18 heavy (non-hydrogen) atoms. The summed E-state index contributed by atoms with van der Waals surface area (Å²) in [6, 6.07) is 9.25. The molecule has 0 N–H and O–H groups in total. The molecule has 0 unspecified atom stereocenters. The van der Waals surface area contributed by atoms with Gasteiger partial charge in [0.25, 0.3) is 0 Å². The summed E-state index contributed by atoms with van der Waals surface area (Å²) in [5.74, 6) is 0.602. The summed E-state index contributed by atoms with van der Waals surface area (Å²) in [6.45, 7) is 0. The van der Waals surface area contributed by atoms with Crippen molar-refractivity contribution in [3.8, 4) is 17.1 Å². The van der Waals surface area contributed by atoms with Gasteiger partial charge < -0.3 is 0 Å². The maximum absolute atomic E-state index is 5.95. The molecule has 0 radical (unpaired) electrons. The lowest BCUT2D eigenvalue weighted by Crippen LogP contribution is -1.99. The van der Waals surface area contributed by atoms with Gasteiger partial charge >= 0.3 is 0 Å². The van der Waals surface area contributed by atoms with Crippen molar-refractivity contribution in [3.05, 3.63) is 48.0 Å². The van der Waals surface area contributed by atoms with Crippen LogP contribution in [-0.2, 0) is 0 Å². The Morgan fingerprint density at radius 2 is 2.06 bits per heavy atom. The number of hydrogen-bond acceptors (Lipinski definition) is 5. The van der Waals surface area contributed by atoms with E-state index in [9.17, 15) is 0 Å². The molecule has 0 saturated heterocycles. The van der Waals surface area contributed by atoms with E-state index in [1.54, 1.807) is 6.07 Å². The second kappa shape index (κ2) is 4.50. The first-order chi connectivity index (χ1) is 8.83. The maximum Gasteiger partial charge on any atom is 0.160 e. The van der Waals surface area contributed by atoms with Crippen LogP contribution in [0.2, 0.25) is 5.02 Å². The topological polar surface area (TPSA) is 69.4 Å². The fourth-order valence-electron chi connectivity index (χ4n) is 1.54. The average Bonchev–Trinajstić information content (AvgIpc) is 2.93. The number of tetrazole rings is 1. The van der Waals surface area contributed by atoms with Gasteiger partial charge in [-0.25, -0.2) is 9.97 Å². The van der Waals surface area contributed by atoms with Gasteiger partial charge in [-0.1, -0.05) is 23.7 Å². The number of halogens is 1. The van der Waals surface area contributed by atoms with Crippen LogP contribution in [0.4, 0.5) is 0 Å². The summed E-state index contributed by atoms with van der Waals surface area (Å²) in [5, 5.41) is 11.6. The Morgan fingerprint density at radius 1 is 1.11 bits per heavy atom. The zero-order valence-corrected chi connectivity index (χ0v) is 9.86. The van der Waals surface area contributed by atoms with Gasteiger partial charge in [-0.15, -0.1) is 5.10 Å². The summed E-state index contributed by atoms with van der Waals surface area (Å²) >= 11 is 5.95. The molecule has 1 aromatic carbocycles. The van der Waals surface area contributed by atoms with Gasteiger partial charge in [0.15, 0.2) is 5.82 Å². The molecular formula is C11H7ClN6. The highest BCUT2D eigenvalue weighted by Gasteiger charge is 2.04. The molecule has 6 nitrogen and oxygen atoms in total. The van der Waals surface area contributed by atoms with Gasteiger partial charge in [-0.3, -0.25) is 0 Å². The van der Waals surface area contributed by atoms with E-state index in [1.807, 2.05) is 24.3 Å². The normalized spacial score (nSPS) is 10.5. The minimum atomic E-state index is 0.602. The predicted octanol–water partition coefficient (Wildman–Crippen LogP) is 1.77. The van der Waals surface area contributed by atoms with Crippen molar-refractivity contribution < 1.29 is 0 Å². The molecule has 3 rings (SSSR count). The van der Waals surface area contributed by atoms with E-state index in [-0.39, 0.29) is 0 Å². The number of rotatable bonds is 2. The molecule has 0 saturated carbocycles. The summed E-state index contributed by atoms with van der Waals surface area (Å²) in [5.41, 5.74) is 1.68. The molecule has 3 aromatic rings. The zero-order chi connectivity index (χ0) is 12.4. The molecular weight excluding hydrogens is 252 g/mol. The SMILES string of the molecule is Clc1cccc(-c2cc(-n3cnnn3)ncn2)c1. The van der Waals surface area contributed by atoms with Gasteiger partial charge in [0, 0.05) is 16.7 Å². The highest BCUT2D eigenvalue weighted by Crippen LogP contribution is 2.21. The Morgan fingerprint density at radius 3 is 2.83 bits per heavy atom. The zero-order valence-electron chi connectivity index (χ0n) is 9.10. The van der Waals surface area contributed by atoms with Gasteiger partial charge in [-0.2, -0.15) is 4.68 Å². The van der Waals surface area contributed by atoms with Crippen LogP contribution in [0.1, 0.15) is 0 Å². The second-order valence-corrected chi connectivity index (χ2v) is 3.96. The van der Waals surface area contributed by atoms with Gasteiger partial charge in [0.1, 0.15) is 12.7 Å². The Balaban J connectivity index is 2.06. The molecule has 7 heteroatoms. The minimum Gasteiger partial charge on any atom is -0.236 e. The van der Waals surface area contributed by atoms with Crippen LogP contribution < -0.4 is 0 Å². The van der Waals surface area contributed by atoms with E-state index in [2.05, 4.69) is 25.5 Å². The molecule has 0 aliphatic carbocycles. The van der Waals surface area contributed by atoms with Gasteiger partial charge in [0.05, 0.1) is 5.69 Å². The highest BCUT2D eigenvalue weighted by atomic mass is 35.5. The number of benzene rings is 1. The van der Waals surface area contributed by atoms with Gasteiger partial charge in [0.2, 0.25) is 0 Å². The second-order valence-electron chi connectivity index (χ2n) is 3.53. The molecule has 0 aliphatic rings. The van der Waals surface area contributed by atoms with E-state index < -0.39 is 0 Å². The van der Waals surface area contributed by atoms with E-state index in [4.69, 9.17) is 11.6 Å². The summed E-state index contributed by atoms with van der Waals surface area (Å²) in [7, 11) is 0. The Hall–Kier alpha value is -2.34. The van der Waals surface area contributed by atoms with Crippen molar-refractivity contribution in [1.82, 2.24) is 30.2 Å². The fourth-order valence-corrected chi connectivity index (χ4v) is 1.73. The summed E-state index contributed by atoms with van der Waals surface area (Å²) in [6.07, 6.45) is 2.94. The van der Waals surface area contributed by atoms with Crippen molar-refractivity contribution in [3.63, 3.8) is 0 Å². The van der Waals surface area contributed by atoms with E-state index in [0.717, 1.165) is 11.3 Å². The third-order valence-corrected chi connectivity index (χ3v) is 2.59. The maximum atomic E-state index is 5.95. The van der Waals surface area contributed by atoms with Crippen molar-refractivity contribution in [2.45, 2.75) is 0 Å². The molecule has 0 amide bonds. The Labute approximate surface area is 107 Å². The third kappa shape index (κ3) is 2.05. The number of nitrogens with zero attached hydrogens (tertiary/aromatic N) is 6. The molecule has 88 valence electrons. The largest absolute Gasteiger partial charge is 0.236 e. The summed E-state index contributed by atoms with van der Waals surface area (Å²) in [4.78, 5) is 8.32. The number of hydrogen-bond donors (Lipinski definition) is 0. The van der Waals surface area contributed by atoms with Crippen molar-refractivity contribution in [2.75, 3.05) is 0 Å². The van der Waals surface area contributed by atoms with E-state index >= 15 is 0 Å².